The van der Waals surface area contributed by atoms with Crippen molar-refractivity contribution in [2.75, 3.05) is 66.0 Å². The molecule has 4 fully saturated rings. The van der Waals surface area contributed by atoms with Crippen molar-refractivity contribution in [3.05, 3.63) is 0 Å². The lowest BCUT2D eigenvalue weighted by Crippen LogP contribution is -2.58. The van der Waals surface area contributed by atoms with E-state index in [1.807, 2.05) is 7.05 Å². The average molecular weight is 485 g/mol. The van der Waals surface area contributed by atoms with E-state index in [0.717, 1.165) is 24.2 Å². The molecular weight excluding hydrogens is 448 g/mol. The van der Waals surface area contributed by atoms with Crippen LogP contribution in [0.2, 0.25) is 0 Å². The van der Waals surface area contributed by atoms with Crippen molar-refractivity contribution in [1.82, 2.24) is 28.6 Å². The van der Waals surface area contributed by atoms with Gasteiger partial charge in [-0.2, -0.15) is 17.0 Å². The van der Waals surface area contributed by atoms with E-state index < -0.39 is 21.8 Å². The molecule has 4 aliphatic rings. The number of hydrogen-bond acceptors (Lipinski definition) is 6. The smallest absolute Gasteiger partial charge is 0.325 e. The van der Waals surface area contributed by atoms with Crippen molar-refractivity contribution in [3.63, 3.8) is 0 Å². The second kappa shape index (κ2) is 9.47. The van der Waals surface area contributed by atoms with Gasteiger partial charge in [-0.3, -0.25) is 14.5 Å². The number of hydrogen-bond donors (Lipinski definition) is 1. The van der Waals surface area contributed by atoms with Crippen LogP contribution in [0.15, 0.2) is 0 Å². The molecule has 186 valence electrons. The molecule has 3 heterocycles. The highest BCUT2D eigenvalue weighted by Gasteiger charge is 2.52. The quantitative estimate of drug-likeness (QED) is 0.527. The zero-order valence-electron chi connectivity index (χ0n) is 19.7. The zero-order chi connectivity index (χ0) is 23.8. The SMILES string of the molecule is CCC1CCC2(CC1)NC(=O)N(CC(=O)N1CCN(S(=O)(=O)N3CCN(C)CC3)CC1)C2=O. The molecule has 0 aromatic carbocycles. The Balaban J connectivity index is 1.30. The third-order valence-corrected chi connectivity index (χ3v) is 9.82. The number of rotatable bonds is 5. The molecule has 0 unspecified atom stereocenters. The van der Waals surface area contributed by atoms with E-state index in [0.29, 0.717) is 44.9 Å². The summed E-state index contributed by atoms with van der Waals surface area (Å²) in [6, 6.07) is -0.500. The van der Waals surface area contributed by atoms with E-state index in [4.69, 9.17) is 0 Å². The Labute approximate surface area is 196 Å². The van der Waals surface area contributed by atoms with Crippen LogP contribution in [0.3, 0.4) is 0 Å². The Morgan fingerprint density at radius 2 is 1.52 bits per heavy atom. The van der Waals surface area contributed by atoms with Crippen LogP contribution in [0.25, 0.3) is 0 Å². The Bertz CT molecular complexity index is 872. The van der Waals surface area contributed by atoms with Crippen LogP contribution in [-0.2, 0) is 19.8 Å². The zero-order valence-corrected chi connectivity index (χ0v) is 20.5. The summed E-state index contributed by atoms with van der Waals surface area (Å²) in [5.41, 5.74) is -0.863. The lowest BCUT2D eigenvalue weighted by Gasteiger charge is -2.39. The minimum atomic E-state index is -3.55. The van der Waals surface area contributed by atoms with Crippen molar-refractivity contribution in [3.8, 4) is 0 Å². The standard InChI is InChI=1S/C21H36N6O5S/c1-3-17-4-6-21(7-5-17)19(29)27(20(30)22-21)16-18(28)24-10-14-26(15-11-24)33(31,32)25-12-8-23(2)9-13-25/h17H,3-16H2,1-2H3,(H,22,30). The van der Waals surface area contributed by atoms with Crippen molar-refractivity contribution < 1.29 is 22.8 Å². The lowest BCUT2D eigenvalue weighted by molar-refractivity contribution is -0.140. The Hall–Kier alpha value is -1.76. The Morgan fingerprint density at radius 1 is 0.970 bits per heavy atom. The summed E-state index contributed by atoms with van der Waals surface area (Å²) in [5, 5.41) is 2.86. The number of nitrogens with one attached hydrogen (secondary N) is 1. The number of likely N-dealkylation sites (N-methyl/N-ethyl adjacent to an activating group) is 1. The van der Waals surface area contributed by atoms with Gasteiger partial charge in [-0.25, -0.2) is 4.79 Å². The second-order valence-electron chi connectivity index (χ2n) is 9.75. The predicted octanol–water partition coefficient (Wildman–Crippen LogP) is -0.486. The summed E-state index contributed by atoms with van der Waals surface area (Å²) in [6.07, 6.45) is 4.09. The van der Waals surface area contributed by atoms with E-state index >= 15 is 0 Å². The number of amides is 4. The van der Waals surface area contributed by atoms with Gasteiger partial charge < -0.3 is 15.1 Å². The Morgan fingerprint density at radius 3 is 2.06 bits per heavy atom. The monoisotopic (exact) mass is 484 g/mol. The summed E-state index contributed by atoms with van der Waals surface area (Å²) < 4.78 is 28.8. The molecule has 12 heteroatoms. The van der Waals surface area contributed by atoms with Crippen LogP contribution in [0, 0.1) is 5.92 Å². The molecule has 1 spiro atoms. The maximum Gasteiger partial charge on any atom is 0.325 e. The van der Waals surface area contributed by atoms with Gasteiger partial charge in [0.2, 0.25) is 5.91 Å². The normalized spacial score (nSPS) is 30.8. The van der Waals surface area contributed by atoms with E-state index in [1.54, 1.807) is 4.90 Å². The minimum Gasteiger partial charge on any atom is -0.338 e. The fraction of sp³-hybridized carbons (Fsp3) is 0.857. The minimum absolute atomic E-state index is 0.211. The number of piperazine rings is 2. The summed E-state index contributed by atoms with van der Waals surface area (Å²) >= 11 is 0. The van der Waals surface area contributed by atoms with Gasteiger partial charge in [0, 0.05) is 52.4 Å². The molecule has 3 saturated heterocycles. The highest BCUT2D eigenvalue weighted by Crippen LogP contribution is 2.37. The van der Waals surface area contributed by atoms with Crippen LogP contribution in [0.4, 0.5) is 4.79 Å². The molecule has 1 N–H and O–H groups in total. The highest BCUT2D eigenvalue weighted by atomic mass is 32.2. The molecule has 11 nitrogen and oxygen atoms in total. The highest BCUT2D eigenvalue weighted by molar-refractivity contribution is 7.86. The van der Waals surface area contributed by atoms with Crippen molar-refractivity contribution in [2.24, 2.45) is 5.92 Å². The first-order valence-corrected chi connectivity index (χ1v) is 13.4. The van der Waals surface area contributed by atoms with Gasteiger partial charge in [-0.15, -0.1) is 0 Å². The molecule has 33 heavy (non-hydrogen) atoms. The van der Waals surface area contributed by atoms with Gasteiger partial charge in [0.05, 0.1) is 0 Å². The largest absolute Gasteiger partial charge is 0.338 e. The van der Waals surface area contributed by atoms with Crippen LogP contribution in [0.5, 0.6) is 0 Å². The number of carbonyl (C=O) groups is 3. The summed E-state index contributed by atoms with van der Waals surface area (Å²) in [6.45, 7) is 5.08. The fourth-order valence-electron chi connectivity index (χ4n) is 5.32. The average Bonchev–Trinajstić information content (AvgIpc) is 3.04. The van der Waals surface area contributed by atoms with Gasteiger partial charge in [0.1, 0.15) is 12.1 Å². The van der Waals surface area contributed by atoms with Crippen molar-refractivity contribution in [1.29, 1.82) is 0 Å². The molecule has 0 atom stereocenters. The van der Waals surface area contributed by atoms with Gasteiger partial charge in [-0.05, 0) is 38.6 Å². The number of urea groups is 1. The second-order valence-corrected chi connectivity index (χ2v) is 11.7. The molecular formula is C21H36N6O5S. The predicted molar refractivity (Wildman–Crippen MR) is 121 cm³/mol. The molecule has 4 rings (SSSR count). The van der Waals surface area contributed by atoms with Crippen LogP contribution >= 0.6 is 0 Å². The third kappa shape index (κ3) is 4.75. The molecule has 1 saturated carbocycles. The maximum absolute atomic E-state index is 13.1. The lowest BCUT2D eigenvalue weighted by atomic mass is 9.75. The van der Waals surface area contributed by atoms with Crippen LogP contribution in [0.1, 0.15) is 39.0 Å². The van der Waals surface area contributed by atoms with E-state index in [-0.39, 0.29) is 44.5 Å². The summed E-state index contributed by atoms with van der Waals surface area (Å²) in [7, 11) is -1.58. The Kier molecular flexibility index (Phi) is 7.00. The summed E-state index contributed by atoms with van der Waals surface area (Å²) in [5.74, 6) is -0.0458. The first-order chi connectivity index (χ1) is 15.7. The molecule has 0 aromatic heterocycles. The first kappa shape index (κ1) is 24.4. The van der Waals surface area contributed by atoms with Crippen molar-refractivity contribution in [2.45, 2.75) is 44.6 Å². The molecule has 0 aromatic rings. The van der Waals surface area contributed by atoms with E-state index in [9.17, 15) is 22.8 Å². The number of carbonyl (C=O) groups excluding carboxylic acids is 3. The molecule has 3 aliphatic heterocycles. The van der Waals surface area contributed by atoms with Crippen LogP contribution < -0.4 is 5.32 Å². The molecule has 0 radical (unpaired) electrons. The van der Waals surface area contributed by atoms with Gasteiger partial charge in [0.15, 0.2) is 0 Å². The number of imide groups is 1. The van der Waals surface area contributed by atoms with Crippen molar-refractivity contribution >= 4 is 28.1 Å². The molecule has 4 amide bonds. The van der Waals surface area contributed by atoms with E-state index in [2.05, 4.69) is 17.1 Å². The first-order valence-electron chi connectivity index (χ1n) is 12.0. The topological polar surface area (TPSA) is 114 Å². The summed E-state index contributed by atoms with van der Waals surface area (Å²) in [4.78, 5) is 43.2. The van der Waals surface area contributed by atoms with Crippen LogP contribution in [-0.4, -0.2) is 121 Å². The molecule has 0 bridgehead atoms. The van der Waals surface area contributed by atoms with Gasteiger partial charge in [-0.1, -0.05) is 13.3 Å². The van der Waals surface area contributed by atoms with E-state index in [1.165, 1.54) is 8.61 Å². The third-order valence-electron chi connectivity index (χ3n) is 7.78. The maximum atomic E-state index is 13.1. The van der Waals surface area contributed by atoms with Gasteiger partial charge in [0.25, 0.3) is 16.1 Å². The van der Waals surface area contributed by atoms with Gasteiger partial charge >= 0.3 is 6.03 Å². The number of nitrogens with zero attached hydrogens (tertiary/aromatic N) is 5. The fourth-order valence-corrected chi connectivity index (χ4v) is 6.90. The molecule has 1 aliphatic carbocycles.